The van der Waals surface area contributed by atoms with Crippen LogP contribution >= 0.6 is 11.7 Å². The van der Waals surface area contributed by atoms with Gasteiger partial charge in [-0.05, 0) is 33.3 Å². The highest BCUT2D eigenvalue weighted by Gasteiger charge is 2.23. The minimum Gasteiger partial charge on any atom is -0.478 e. The first kappa shape index (κ1) is 31.7. The van der Waals surface area contributed by atoms with Gasteiger partial charge in [0.05, 0.1) is 31.5 Å². The van der Waals surface area contributed by atoms with Crippen LogP contribution in [-0.2, 0) is 38.8 Å². The molecule has 0 saturated carbocycles. The Bertz CT molecular complexity index is 861. The normalized spacial score (nSPS) is 15.2. The summed E-state index contributed by atoms with van der Waals surface area (Å²) in [7, 11) is 0. The van der Waals surface area contributed by atoms with E-state index in [9.17, 15) is 9.59 Å². The number of aromatic nitrogens is 2. The van der Waals surface area contributed by atoms with Crippen molar-refractivity contribution in [2.24, 2.45) is 0 Å². The van der Waals surface area contributed by atoms with Gasteiger partial charge in [-0.3, -0.25) is 4.79 Å². The molecule has 0 radical (unpaired) electrons. The molecule has 1 saturated heterocycles. The number of nitrogens with zero attached hydrogens (tertiary/aromatic N) is 4. The molecule has 1 fully saturated rings. The molecular formula is C21H35N5O11S. The number of rotatable bonds is 18. The van der Waals surface area contributed by atoms with Crippen LogP contribution in [0.2, 0.25) is 0 Å². The molecule has 1 aromatic heterocycles. The molecule has 216 valence electrons. The summed E-state index contributed by atoms with van der Waals surface area (Å²) < 4.78 is 25.4. The van der Waals surface area contributed by atoms with Gasteiger partial charge in [0.1, 0.15) is 24.7 Å². The van der Waals surface area contributed by atoms with Crippen molar-refractivity contribution in [3.05, 3.63) is 12.2 Å². The Balaban J connectivity index is 1.77. The van der Waals surface area contributed by atoms with Gasteiger partial charge in [0.25, 0.3) is 5.88 Å². The maximum absolute atomic E-state index is 12.5. The largest absolute Gasteiger partial charge is 0.478 e. The average Bonchev–Trinajstić information content (AvgIpc) is 3.35. The lowest BCUT2D eigenvalue weighted by atomic mass is 10.1. The number of anilines is 1. The number of carboxylic acids is 1. The monoisotopic (exact) mass is 565 g/mol. The van der Waals surface area contributed by atoms with Gasteiger partial charge in [0.2, 0.25) is 5.82 Å². The minimum absolute atomic E-state index is 0.00915. The van der Waals surface area contributed by atoms with Gasteiger partial charge in [0.15, 0.2) is 0 Å². The molecule has 16 nitrogen and oxygen atoms in total. The van der Waals surface area contributed by atoms with E-state index >= 15 is 0 Å². The maximum Gasteiger partial charge on any atom is 0.328 e. The average molecular weight is 566 g/mol. The molecule has 2 rings (SSSR count). The predicted molar refractivity (Wildman–Crippen MR) is 131 cm³/mol. The summed E-state index contributed by atoms with van der Waals surface area (Å²) in [5.41, 5.74) is -0.209. The van der Waals surface area contributed by atoms with Crippen LogP contribution in [0.1, 0.15) is 33.6 Å². The Morgan fingerprint density at radius 3 is 2.74 bits per heavy atom. The van der Waals surface area contributed by atoms with Crippen molar-refractivity contribution in [1.29, 1.82) is 0 Å². The summed E-state index contributed by atoms with van der Waals surface area (Å²) in [5, 5.41) is 20.6. The first-order valence-corrected chi connectivity index (χ1v) is 12.6. The van der Waals surface area contributed by atoms with E-state index in [-0.39, 0.29) is 43.6 Å². The second-order valence-corrected chi connectivity index (χ2v) is 9.42. The van der Waals surface area contributed by atoms with E-state index < -0.39 is 18.0 Å². The summed E-state index contributed by atoms with van der Waals surface area (Å²) in [6, 6.07) is 0. The number of esters is 1. The van der Waals surface area contributed by atoms with Gasteiger partial charge in [-0.25, -0.2) is 19.8 Å². The molecule has 17 heteroatoms. The molecule has 0 amide bonds. The highest BCUT2D eigenvalue weighted by atomic mass is 32.1. The van der Waals surface area contributed by atoms with Crippen molar-refractivity contribution in [2.45, 2.75) is 45.3 Å². The Morgan fingerprint density at radius 1 is 1.29 bits per heavy atom. The molecule has 0 aromatic carbocycles. The fraction of sp³-hybridized carbons (Fsp3) is 0.714. The lowest BCUT2D eigenvalue weighted by molar-refractivity contribution is -0.682. The third-order valence-corrected chi connectivity index (χ3v) is 5.15. The Hall–Kier alpha value is -2.48. The SMILES string of the molecule is CC(C)(C)NCC(COc1nsnc1N1CCOCC1)OC(=O)CCCON(OO)OOC/C=C/C(=O)O. The molecule has 2 heterocycles. The lowest BCUT2D eigenvalue weighted by Gasteiger charge is -2.27. The quantitative estimate of drug-likeness (QED) is 0.0751. The Kier molecular flexibility index (Phi) is 14.3. The molecule has 1 aromatic rings. The van der Waals surface area contributed by atoms with E-state index in [0.29, 0.717) is 44.5 Å². The highest BCUT2D eigenvalue weighted by Crippen LogP contribution is 2.26. The number of carbonyl (C=O) groups excluding carboxylic acids is 1. The van der Waals surface area contributed by atoms with Crippen molar-refractivity contribution >= 4 is 29.5 Å². The second-order valence-electron chi connectivity index (χ2n) is 8.89. The van der Waals surface area contributed by atoms with Gasteiger partial charge < -0.3 is 29.5 Å². The number of carbonyl (C=O) groups is 2. The standard InChI is InChI=1S/C21H35N5O11S/c1-21(2,3)22-14-16(15-32-20-19(23-38-24-20)25-8-12-31-13-9-25)35-18(29)7-5-10-33-26(36-30)37-34-11-4-6-17(27)28/h4,6,16,22,30H,5,7-15H2,1-3H3,(H,27,28)/b6-4+. The molecule has 0 bridgehead atoms. The van der Waals surface area contributed by atoms with Gasteiger partial charge in [-0.2, -0.15) is 4.37 Å². The van der Waals surface area contributed by atoms with E-state index in [1.54, 1.807) is 0 Å². The van der Waals surface area contributed by atoms with Gasteiger partial charge in [0, 0.05) is 37.7 Å². The Morgan fingerprint density at radius 2 is 2.05 bits per heavy atom. The predicted octanol–water partition coefficient (Wildman–Crippen LogP) is 0.976. The summed E-state index contributed by atoms with van der Waals surface area (Å²) >= 11 is 1.05. The van der Waals surface area contributed by atoms with Gasteiger partial charge >= 0.3 is 11.9 Å². The van der Waals surface area contributed by atoms with E-state index in [1.165, 1.54) is 0 Å². The van der Waals surface area contributed by atoms with Crippen LogP contribution in [0.3, 0.4) is 0 Å². The van der Waals surface area contributed by atoms with E-state index in [1.807, 2.05) is 25.7 Å². The van der Waals surface area contributed by atoms with Crippen molar-refractivity contribution in [1.82, 2.24) is 19.5 Å². The Labute approximate surface area is 224 Å². The molecule has 38 heavy (non-hydrogen) atoms. The van der Waals surface area contributed by atoms with Crippen LogP contribution in [-0.4, -0.2) is 101 Å². The molecule has 1 atom stereocenters. The summed E-state index contributed by atoms with van der Waals surface area (Å²) in [6.45, 7) is 8.63. The molecule has 0 aliphatic carbocycles. The number of nitrogens with one attached hydrogen (secondary N) is 1. The van der Waals surface area contributed by atoms with Crippen LogP contribution in [0.5, 0.6) is 5.88 Å². The number of aliphatic carboxylic acids is 1. The number of hydrogen-bond donors (Lipinski definition) is 3. The van der Waals surface area contributed by atoms with Crippen LogP contribution < -0.4 is 15.0 Å². The van der Waals surface area contributed by atoms with Crippen molar-refractivity contribution in [3.8, 4) is 5.88 Å². The van der Waals surface area contributed by atoms with E-state index in [4.69, 9.17) is 29.4 Å². The second kappa shape index (κ2) is 17.2. The van der Waals surface area contributed by atoms with Gasteiger partial charge in [-0.15, -0.1) is 4.37 Å². The molecule has 0 spiro atoms. The smallest absolute Gasteiger partial charge is 0.328 e. The number of morpholine rings is 1. The number of ether oxygens (including phenoxy) is 3. The van der Waals surface area contributed by atoms with E-state index in [0.717, 1.165) is 23.9 Å². The summed E-state index contributed by atoms with van der Waals surface area (Å²) in [4.78, 5) is 42.6. The minimum atomic E-state index is -1.16. The first-order valence-electron chi connectivity index (χ1n) is 11.8. The third kappa shape index (κ3) is 13.4. The molecular weight excluding hydrogens is 530 g/mol. The zero-order valence-electron chi connectivity index (χ0n) is 21.6. The van der Waals surface area contributed by atoms with Crippen LogP contribution in [0.4, 0.5) is 5.82 Å². The fourth-order valence-corrected chi connectivity index (χ4v) is 3.40. The zero-order valence-corrected chi connectivity index (χ0v) is 22.4. The molecule has 1 aliphatic heterocycles. The zero-order chi connectivity index (χ0) is 27.8. The van der Waals surface area contributed by atoms with Crippen molar-refractivity contribution in [2.75, 3.05) is 57.6 Å². The lowest BCUT2D eigenvalue weighted by Crippen LogP contribution is -2.44. The topological polar surface area (TPSA) is 183 Å². The van der Waals surface area contributed by atoms with Crippen LogP contribution in [0.15, 0.2) is 12.2 Å². The summed E-state index contributed by atoms with van der Waals surface area (Å²) in [6.07, 6.45) is 1.57. The number of hydrogen-bond acceptors (Lipinski definition) is 16. The third-order valence-electron chi connectivity index (χ3n) is 4.64. The fourth-order valence-electron chi connectivity index (χ4n) is 2.88. The van der Waals surface area contributed by atoms with Crippen LogP contribution in [0.25, 0.3) is 0 Å². The highest BCUT2D eigenvalue weighted by molar-refractivity contribution is 6.99. The van der Waals surface area contributed by atoms with Crippen LogP contribution in [0, 0.1) is 0 Å². The summed E-state index contributed by atoms with van der Waals surface area (Å²) in [5.74, 6) is -0.626. The molecule has 1 aliphatic rings. The molecule has 1 unspecified atom stereocenters. The van der Waals surface area contributed by atoms with E-state index in [2.05, 4.69) is 28.9 Å². The molecule has 3 N–H and O–H groups in total. The van der Waals surface area contributed by atoms with Crippen molar-refractivity contribution < 1.29 is 53.9 Å². The van der Waals surface area contributed by atoms with Crippen molar-refractivity contribution in [3.63, 3.8) is 0 Å². The number of carboxylic acid groups (broad SMARTS) is 1. The first-order chi connectivity index (χ1) is 18.2. The maximum atomic E-state index is 12.5. The van der Waals surface area contributed by atoms with Gasteiger partial charge in [-0.1, -0.05) is 9.98 Å².